The molecule has 0 bridgehead atoms. The van der Waals surface area contributed by atoms with E-state index in [0.29, 0.717) is 15.7 Å². The zero-order chi connectivity index (χ0) is 19.1. The van der Waals surface area contributed by atoms with Gasteiger partial charge in [-0.15, -0.1) is 0 Å². The molecule has 2 aromatic rings. The van der Waals surface area contributed by atoms with Gasteiger partial charge in [-0.25, -0.2) is 4.79 Å². The zero-order valence-electron chi connectivity index (χ0n) is 14.5. The molecule has 26 heavy (non-hydrogen) atoms. The third-order valence-electron chi connectivity index (χ3n) is 3.58. The molecule has 0 unspecified atom stereocenters. The molecule has 0 fully saturated rings. The van der Waals surface area contributed by atoms with E-state index in [0.717, 1.165) is 5.56 Å². The molecule has 2 aromatic carbocycles. The molecule has 0 spiro atoms. The molecular formula is C19H19BrN2O4. The zero-order valence-corrected chi connectivity index (χ0v) is 16.1. The van der Waals surface area contributed by atoms with Crippen LogP contribution in [-0.4, -0.2) is 31.4 Å². The van der Waals surface area contributed by atoms with Crippen LogP contribution < -0.4 is 10.6 Å². The predicted molar refractivity (Wildman–Crippen MR) is 102 cm³/mol. The van der Waals surface area contributed by atoms with Gasteiger partial charge in [-0.1, -0.05) is 33.6 Å². The summed E-state index contributed by atoms with van der Waals surface area (Å²) in [5.74, 6) is -1.10. The Morgan fingerprint density at radius 2 is 1.88 bits per heavy atom. The molecule has 0 radical (unpaired) electrons. The Morgan fingerprint density at radius 1 is 1.12 bits per heavy atom. The molecule has 0 saturated carbocycles. The summed E-state index contributed by atoms with van der Waals surface area (Å²) in [6.07, 6.45) is 0.0776. The second-order valence-corrected chi connectivity index (χ2v) is 6.52. The van der Waals surface area contributed by atoms with Gasteiger partial charge in [-0.05, 0) is 37.3 Å². The van der Waals surface area contributed by atoms with Crippen LogP contribution in [0, 0.1) is 6.92 Å². The number of halogens is 1. The second-order valence-electron chi connectivity index (χ2n) is 5.61. The molecule has 6 nitrogen and oxygen atoms in total. The molecule has 7 heteroatoms. The first kappa shape index (κ1) is 19.7. The summed E-state index contributed by atoms with van der Waals surface area (Å²) in [6, 6.07) is 12.1. The lowest BCUT2D eigenvalue weighted by atomic mass is 10.1. The monoisotopic (exact) mass is 418 g/mol. The molecule has 0 heterocycles. The Bertz CT molecular complexity index is 836. The molecule has 2 rings (SSSR count). The van der Waals surface area contributed by atoms with Crippen LogP contribution in [0.3, 0.4) is 0 Å². The number of aryl methyl sites for hydroxylation is 1. The highest BCUT2D eigenvalue weighted by molar-refractivity contribution is 9.10. The maximum absolute atomic E-state index is 12.1. The van der Waals surface area contributed by atoms with E-state index in [4.69, 9.17) is 4.74 Å². The smallest absolute Gasteiger partial charge is 0.340 e. The number of esters is 1. The van der Waals surface area contributed by atoms with Gasteiger partial charge in [0, 0.05) is 23.0 Å². The summed E-state index contributed by atoms with van der Waals surface area (Å²) in [5, 5.41) is 5.37. The molecule has 136 valence electrons. The summed E-state index contributed by atoms with van der Waals surface area (Å²) < 4.78 is 5.41. The number of anilines is 1. The minimum Gasteiger partial charge on any atom is -0.465 e. The van der Waals surface area contributed by atoms with E-state index in [2.05, 4.69) is 26.6 Å². The van der Waals surface area contributed by atoms with Crippen molar-refractivity contribution in [3.05, 3.63) is 63.6 Å². The fourth-order valence-corrected chi connectivity index (χ4v) is 2.66. The average Bonchev–Trinajstić information content (AvgIpc) is 2.62. The first-order valence-corrected chi connectivity index (χ1v) is 8.72. The van der Waals surface area contributed by atoms with Crippen LogP contribution in [0.5, 0.6) is 0 Å². The SMILES string of the molecule is COC(=O)c1cc(Br)ccc1NC(=O)CCNC(=O)c1cccc(C)c1. The van der Waals surface area contributed by atoms with Gasteiger partial charge in [0.05, 0.1) is 18.4 Å². The van der Waals surface area contributed by atoms with E-state index in [1.54, 1.807) is 36.4 Å². The van der Waals surface area contributed by atoms with E-state index in [9.17, 15) is 14.4 Å². The van der Waals surface area contributed by atoms with Crippen LogP contribution >= 0.6 is 15.9 Å². The molecule has 0 aromatic heterocycles. The van der Waals surface area contributed by atoms with Crippen molar-refractivity contribution in [3.8, 4) is 0 Å². The Kier molecular flexibility index (Phi) is 6.91. The first-order chi connectivity index (χ1) is 12.4. The number of rotatable bonds is 6. The number of carbonyl (C=O) groups is 3. The number of carbonyl (C=O) groups excluding carboxylic acids is 3. The Labute approximate surface area is 160 Å². The van der Waals surface area contributed by atoms with Crippen molar-refractivity contribution in [2.75, 3.05) is 19.0 Å². The maximum Gasteiger partial charge on any atom is 0.340 e. The summed E-state index contributed by atoms with van der Waals surface area (Å²) >= 11 is 3.28. The number of amides is 2. The van der Waals surface area contributed by atoms with Crippen LogP contribution in [0.1, 0.15) is 32.7 Å². The molecule has 2 N–H and O–H groups in total. The third kappa shape index (κ3) is 5.42. The molecular weight excluding hydrogens is 400 g/mol. The number of ether oxygens (including phenoxy) is 1. The minimum atomic E-state index is -0.547. The number of hydrogen-bond donors (Lipinski definition) is 2. The van der Waals surface area contributed by atoms with Gasteiger partial charge in [0.25, 0.3) is 5.91 Å². The van der Waals surface area contributed by atoms with Crippen LogP contribution in [0.15, 0.2) is 46.9 Å². The van der Waals surface area contributed by atoms with Crippen molar-refractivity contribution in [2.24, 2.45) is 0 Å². The summed E-state index contributed by atoms with van der Waals surface area (Å²) in [6.45, 7) is 2.09. The van der Waals surface area contributed by atoms with Gasteiger partial charge in [0.2, 0.25) is 5.91 Å². The van der Waals surface area contributed by atoms with Gasteiger partial charge in [-0.2, -0.15) is 0 Å². The van der Waals surface area contributed by atoms with Crippen LogP contribution in [-0.2, 0) is 9.53 Å². The van der Waals surface area contributed by atoms with Crippen LogP contribution in [0.2, 0.25) is 0 Å². The quantitative estimate of drug-likeness (QED) is 0.704. The fraction of sp³-hybridized carbons (Fsp3) is 0.211. The predicted octanol–water partition coefficient (Wildman–Crippen LogP) is 3.30. The highest BCUT2D eigenvalue weighted by Crippen LogP contribution is 2.22. The lowest BCUT2D eigenvalue weighted by Crippen LogP contribution is -2.28. The van der Waals surface area contributed by atoms with Gasteiger partial charge in [-0.3, -0.25) is 9.59 Å². The van der Waals surface area contributed by atoms with Gasteiger partial charge < -0.3 is 15.4 Å². The van der Waals surface area contributed by atoms with E-state index in [1.165, 1.54) is 7.11 Å². The van der Waals surface area contributed by atoms with Gasteiger partial charge >= 0.3 is 5.97 Å². The Hall–Kier alpha value is -2.67. The van der Waals surface area contributed by atoms with Crippen LogP contribution in [0.25, 0.3) is 0 Å². The Morgan fingerprint density at radius 3 is 2.58 bits per heavy atom. The standard InChI is InChI=1S/C19H19BrN2O4/c1-12-4-3-5-13(10-12)18(24)21-9-8-17(23)22-16-7-6-14(20)11-15(16)19(25)26-2/h3-7,10-11H,8-9H2,1-2H3,(H,21,24)(H,22,23). The minimum absolute atomic E-state index is 0.0776. The topological polar surface area (TPSA) is 84.5 Å². The number of benzene rings is 2. The number of methoxy groups -OCH3 is 1. The maximum atomic E-state index is 12.1. The van der Waals surface area contributed by atoms with Crippen molar-refractivity contribution >= 4 is 39.4 Å². The van der Waals surface area contributed by atoms with Crippen molar-refractivity contribution in [1.82, 2.24) is 5.32 Å². The lowest BCUT2D eigenvalue weighted by Gasteiger charge is -2.11. The first-order valence-electron chi connectivity index (χ1n) is 7.93. The molecule has 2 amide bonds. The molecule has 0 aliphatic carbocycles. The summed E-state index contributed by atoms with van der Waals surface area (Å²) in [4.78, 5) is 36.0. The van der Waals surface area contributed by atoms with E-state index in [-0.39, 0.29) is 30.3 Å². The number of hydrogen-bond acceptors (Lipinski definition) is 4. The normalized spacial score (nSPS) is 10.1. The van der Waals surface area contributed by atoms with Crippen LogP contribution in [0.4, 0.5) is 5.69 Å². The van der Waals surface area contributed by atoms with Crippen molar-refractivity contribution in [1.29, 1.82) is 0 Å². The third-order valence-corrected chi connectivity index (χ3v) is 4.07. The fourth-order valence-electron chi connectivity index (χ4n) is 2.29. The molecule has 0 aliphatic heterocycles. The number of nitrogens with one attached hydrogen (secondary N) is 2. The highest BCUT2D eigenvalue weighted by Gasteiger charge is 2.15. The second kappa shape index (κ2) is 9.15. The largest absolute Gasteiger partial charge is 0.465 e. The lowest BCUT2D eigenvalue weighted by molar-refractivity contribution is -0.116. The summed E-state index contributed by atoms with van der Waals surface area (Å²) in [7, 11) is 1.27. The van der Waals surface area contributed by atoms with E-state index < -0.39 is 5.97 Å². The van der Waals surface area contributed by atoms with Crippen molar-refractivity contribution < 1.29 is 19.1 Å². The van der Waals surface area contributed by atoms with Crippen molar-refractivity contribution in [3.63, 3.8) is 0 Å². The molecule has 0 saturated heterocycles. The van der Waals surface area contributed by atoms with Gasteiger partial charge in [0.1, 0.15) is 0 Å². The van der Waals surface area contributed by atoms with Crippen molar-refractivity contribution in [2.45, 2.75) is 13.3 Å². The molecule has 0 aliphatic rings. The van der Waals surface area contributed by atoms with E-state index >= 15 is 0 Å². The molecule has 0 atom stereocenters. The average molecular weight is 419 g/mol. The Balaban J connectivity index is 1.91. The highest BCUT2D eigenvalue weighted by atomic mass is 79.9. The summed E-state index contributed by atoms with van der Waals surface area (Å²) in [5.41, 5.74) is 2.14. The van der Waals surface area contributed by atoms with E-state index in [1.807, 2.05) is 13.0 Å². The van der Waals surface area contributed by atoms with Gasteiger partial charge in [0.15, 0.2) is 0 Å².